The van der Waals surface area contributed by atoms with Gasteiger partial charge in [-0.25, -0.2) is 4.68 Å². The molecule has 0 saturated heterocycles. The summed E-state index contributed by atoms with van der Waals surface area (Å²) in [4.78, 5) is 0. The quantitative estimate of drug-likeness (QED) is 0.883. The second-order valence-electron chi connectivity index (χ2n) is 6.05. The average Bonchev–Trinajstić information content (AvgIpc) is 3.20. The molecule has 4 nitrogen and oxygen atoms in total. The Hall–Kier alpha value is -1.39. The van der Waals surface area contributed by atoms with Crippen LogP contribution in [0.1, 0.15) is 50.0 Å². The smallest absolute Gasteiger partial charge is 0.0965 e. The summed E-state index contributed by atoms with van der Waals surface area (Å²) in [5, 5.41) is 12.8. The summed E-state index contributed by atoms with van der Waals surface area (Å²) < 4.78 is 1.98. The van der Waals surface area contributed by atoms with E-state index in [0.29, 0.717) is 18.5 Å². The zero-order valence-corrected chi connectivity index (χ0v) is 13.2. The van der Waals surface area contributed by atoms with Crippen molar-refractivity contribution in [3.63, 3.8) is 0 Å². The lowest BCUT2D eigenvalue weighted by Crippen LogP contribution is -2.25. The monoisotopic (exact) mass is 304 g/mol. The molecule has 2 aromatic rings. The minimum atomic E-state index is 0.213. The van der Waals surface area contributed by atoms with Crippen molar-refractivity contribution in [3.05, 3.63) is 46.7 Å². The van der Waals surface area contributed by atoms with Crippen LogP contribution in [0.15, 0.2) is 30.5 Å². The van der Waals surface area contributed by atoms with Crippen LogP contribution >= 0.6 is 11.6 Å². The lowest BCUT2D eigenvalue weighted by Gasteiger charge is -2.23. The van der Waals surface area contributed by atoms with E-state index in [1.165, 1.54) is 12.8 Å². The molecule has 5 heteroatoms. The van der Waals surface area contributed by atoms with Gasteiger partial charge >= 0.3 is 0 Å². The fourth-order valence-electron chi connectivity index (χ4n) is 2.56. The molecule has 21 heavy (non-hydrogen) atoms. The van der Waals surface area contributed by atoms with Crippen molar-refractivity contribution in [1.29, 1.82) is 0 Å². The van der Waals surface area contributed by atoms with Crippen LogP contribution in [0, 0.1) is 5.92 Å². The molecule has 1 heterocycles. The first-order valence-electron chi connectivity index (χ1n) is 7.53. The molecular weight excluding hydrogens is 284 g/mol. The summed E-state index contributed by atoms with van der Waals surface area (Å²) in [6.07, 6.45) is 4.50. The first-order chi connectivity index (χ1) is 10.1. The maximum absolute atomic E-state index is 6.33. The highest BCUT2D eigenvalue weighted by Gasteiger charge is 2.25. The molecule has 112 valence electrons. The van der Waals surface area contributed by atoms with Crippen LogP contribution in [0.25, 0.3) is 0 Å². The maximum Gasteiger partial charge on any atom is 0.0965 e. The van der Waals surface area contributed by atoms with Crippen LogP contribution in [0.4, 0.5) is 0 Å². The van der Waals surface area contributed by atoms with Gasteiger partial charge in [0.2, 0.25) is 0 Å². The molecule has 0 aliphatic heterocycles. The van der Waals surface area contributed by atoms with Gasteiger partial charge in [-0.15, -0.1) is 5.10 Å². The zero-order valence-electron chi connectivity index (χ0n) is 12.5. The van der Waals surface area contributed by atoms with E-state index in [9.17, 15) is 0 Å². The third-order valence-corrected chi connectivity index (χ3v) is 4.23. The summed E-state index contributed by atoms with van der Waals surface area (Å²) in [6, 6.07) is 8.81. The van der Waals surface area contributed by atoms with Crippen molar-refractivity contribution in [3.8, 4) is 0 Å². The van der Waals surface area contributed by atoms with Crippen LogP contribution in [-0.4, -0.2) is 15.0 Å². The summed E-state index contributed by atoms with van der Waals surface area (Å²) in [5.41, 5.74) is 2.13. The highest BCUT2D eigenvalue weighted by atomic mass is 35.5. The van der Waals surface area contributed by atoms with Crippen molar-refractivity contribution in [2.24, 2.45) is 5.92 Å². The van der Waals surface area contributed by atoms with Crippen LogP contribution in [0.3, 0.4) is 0 Å². The van der Waals surface area contributed by atoms with E-state index >= 15 is 0 Å². The number of aromatic nitrogens is 3. The van der Waals surface area contributed by atoms with E-state index in [2.05, 4.69) is 41.7 Å². The summed E-state index contributed by atoms with van der Waals surface area (Å²) in [7, 11) is 0. The Morgan fingerprint density at radius 1 is 1.33 bits per heavy atom. The van der Waals surface area contributed by atoms with Gasteiger partial charge in [-0.05, 0) is 30.4 Å². The fraction of sp³-hybridized carbons (Fsp3) is 0.500. The Balaban J connectivity index is 1.68. The Bertz CT molecular complexity index is 604. The van der Waals surface area contributed by atoms with Gasteiger partial charge in [-0.1, -0.05) is 48.9 Å². The van der Waals surface area contributed by atoms with E-state index in [-0.39, 0.29) is 6.04 Å². The predicted molar refractivity (Wildman–Crippen MR) is 84.2 cm³/mol. The molecule has 3 rings (SSSR count). The number of rotatable bonds is 6. The van der Waals surface area contributed by atoms with Crippen molar-refractivity contribution >= 4 is 11.6 Å². The van der Waals surface area contributed by atoms with Crippen molar-refractivity contribution in [2.75, 3.05) is 0 Å². The topological polar surface area (TPSA) is 42.7 Å². The standard InChI is InChI=1S/C16H21ClN4/c1-11(2)16(14-5-3-4-6-15(14)17)18-9-12-10-21(20-19-12)13-7-8-13/h3-6,10-11,13,16,18H,7-9H2,1-2H3. The van der Waals surface area contributed by atoms with E-state index < -0.39 is 0 Å². The van der Waals surface area contributed by atoms with Gasteiger partial charge in [0.15, 0.2) is 0 Å². The highest BCUT2D eigenvalue weighted by molar-refractivity contribution is 6.31. The minimum Gasteiger partial charge on any atom is -0.304 e. The molecule has 1 N–H and O–H groups in total. The molecule has 0 radical (unpaired) electrons. The van der Waals surface area contributed by atoms with Crippen LogP contribution < -0.4 is 5.32 Å². The zero-order chi connectivity index (χ0) is 14.8. The van der Waals surface area contributed by atoms with Gasteiger partial charge in [-0.2, -0.15) is 0 Å². The molecule has 0 amide bonds. The Labute approximate surface area is 130 Å². The van der Waals surface area contributed by atoms with Crippen LogP contribution in [0.5, 0.6) is 0 Å². The Morgan fingerprint density at radius 2 is 2.10 bits per heavy atom. The Morgan fingerprint density at radius 3 is 2.76 bits per heavy atom. The van der Waals surface area contributed by atoms with Crippen molar-refractivity contribution in [2.45, 2.75) is 45.3 Å². The lowest BCUT2D eigenvalue weighted by molar-refractivity contribution is 0.408. The molecule has 1 aliphatic rings. The molecule has 1 aromatic heterocycles. The summed E-state index contributed by atoms with van der Waals surface area (Å²) in [6.45, 7) is 5.10. The SMILES string of the molecule is CC(C)C(NCc1cn(C2CC2)nn1)c1ccccc1Cl. The molecule has 0 spiro atoms. The van der Waals surface area contributed by atoms with Gasteiger partial charge in [0, 0.05) is 17.6 Å². The number of hydrogen-bond donors (Lipinski definition) is 1. The van der Waals surface area contributed by atoms with Gasteiger partial charge in [-0.3, -0.25) is 0 Å². The second-order valence-corrected chi connectivity index (χ2v) is 6.45. The fourth-order valence-corrected chi connectivity index (χ4v) is 2.81. The average molecular weight is 305 g/mol. The maximum atomic E-state index is 6.33. The molecule has 1 atom stereocenters. The minimum absolute atomic E-state index is 0.213. The molecule has 1 aliphatic carbocycles. The largest absolute Gasteiger partial charge is 0.304 e. The molecule has 1 fully saturated rings. The molecule has 0 bridgehead atoms. The van der Waals surface area contributed by atoms with Crippen LogP contribution in [0.2, 0.25) is 5.02 Å². The number of benzene rings is 1. The van der Waals surface area contributed by atoms with E-state index in [0.717, 1.165) is 16.3 Å². The van der Waals surface area contributed by atoms with E-state index in [1.54, 1.807) is 0 Å². The molecule has 1 saturated carbocycles. The van der Waals surface area contributed by atoms with Crippen molar-refractivity contribution in [1.82, 2.24) is 20.3 Å². The number of nitrogens with one attached hydrogen (secondary N) is 1. The highest BCUT2D eigenvalue weighted by Crippen LogP contribution is 2.33. The number of nitrogens with zero attached hydrogens (tertiary/aromatic N) is 3. The first-order valence-corrected chi connectivity index (χ1v) is 7.91. The van der Waals surface area contributed by atoms with Crippen molar-refractivity contribution < 1.29 is 0 Å². The lowest BCUT2D eigenvalue weighted by atomic mass is 9.96. The normalized spacial score (nSPS) is 16.4. The van der Waals surface area contributed by atoms with E-state index in [1.807, 2.05) is 22.9 Å². The third kappa shape index (κ3) is 3.44. The van der Waals surface area contributed by atoms with E-state index in [4.69, 9.17) is 11.6 Å². The number of halogens is 1. The molecular formula is C16H21ClN4. The summed E-state index contributed by atoms with van der Waals surface area (Å²) in [5.74, 6) is 0.448. The summed E-state index contributed by atoms with van der Waals surface area (Å²) >= 11 is 6.33. The predicted octanol–water partition coefficient (Wildman–Crippen LogP) is 3.75. The second kappa shape index (κ2) is 6.16. The van der Waals surface area contributed by atoms with Gasteiger partial charge in [0.1, 0.15) is 0 Å². The van der Waals surface area contributed by atoms with Gasteiger partial charge in [0.05, 0.1) is 17.9 Å². The number of hydrogen-bond acceptors (Lipinski definition) is 3. The first kappa shape index (κ1) is 14.5. The van der Waals surface area contributed by atoms with Gasteiger partial charge in [0.25, 0.3) is 0 Å². The van der Waals surface area contributed by atoms with Gasteiger partial charge < -0.3 is 5.32 Å². The third-order valence-electron chi connectivity index (χ3n) is 3.89. The van der Waals surface area contributed by atoms with Crippen LogP contribution in [-0.2, 0) is 6.54 Å². The Kier molecular flexibility index (Phi) is 4.27. The molecule has 1 unspecified atom stereocenters. The molecule has 1 aromatic carbocycles.